The van der Waals surface area contributed by atoms with Gasteiger partial charge < -0.3 is 10.2 Å². The molecule has 2 rings (SSSR count). The minimum Gasteiger partial charge on any atom is -0.349 e. The van der Waals surface area contributed by atoms with Gasteiger partial charge in [-0.15, -0.1) is 0 Å². The van der Waals surface area contributed by atoms with Crippen LogP contribution in [0.5, 0.6) is 0 Å². The van der Waals surface area contributed by atoms with Crippen LogP contribution in [-0.4, -0.2) is 47.0 Å². The maximum absolute atomic E-state index is 11.7. The number of halogens is 1. The minimum absolute atomic E-state index is 0.198. The summed E-state index contributed by atoms with van der Waals surface area (Å²) >= 11 is 5.61. The van der Waals surface area contributed by atoms with Gasteiger partial charge in [-0.25, -0.2) is 9.97 Å². The molecule has 1 aliphatic heterocycles. The molecule has 2 heterocycles. The van der Waals surface area contributed by atoms with E-state index in [0.717, 1.165) is 19.6 Å². The van der Waals surface area contributed by atoms with E-state index in [-0.39, 0.29) is 5.91 Å². The lowest BCUT2D eigenvalue weighted by molar-refractivity contribution is 0.0941. The van der Waals surface area contributed by atoms with E-state index in [9.17, 15) is 4.79 Å². The molecule has 0 atom stereocenters. The topological polar surface area (TPSA) is 58.1 Å². The van der Waals surface area contributed by atoms with Gasteiger partial charge in [0.2, 0.25) is 0 Å². The third kappa shape index (κ3) is 3.92. The summed E-state index contributed by atoms with van der Waals surface area (Å²) in [5.74, 6) is -0.198. The summed E-state index contributed by atoms with van der Waals surface area (Å²) in [6.45, 7) is 3.81. The zero-order valence-electron chi connectivity index (χ0n) is 10.2. The molecule has 0 aliphatic carbocycles. The molecule has 0 radical (unpaired) electrons. The maximum Gasteiger partial charge on any atom is 0.271 e. The molecule has 1 saturated heterocycles. The molecule has 1 aromatic heterocycles. The maximum atomic E-state index is 11.7. The predicted octanol–water partition coefficient (Wildman–Crippen LogP) is 1.35. The standard InChI is InChI=1S/C12H17ClN4O/c13-11-9-15-10(8-16-11)12(18)14-4-7-17-5-2-1-3-6-17/h8-9H,1-7H2,(H,14,18). The van der Waals surface area contributed by atoms with Crippen molar-refractivity contribution < 1.29 is 4.79 Å². The molecule has 1 N–H and O–H groups in total. The van der Waals surface area contributed by atoms with Crippen molar-refractivity contribution >= 4 is 17.5 Å². The first-order valence-electron chi connectivity index (χ1n) is 6.24. The molecule has 18 heavy (non-hydrogen) atoms. The van der Waals surface area contributed by atoms with Crippen molar-refractivity contribution in [3.8, 4) is 0 Å². The SMILES string of the molecule is O=C(NCCN1CCCCC1)c1cnc(Cl)cn1. The number of nitrogens with one attached hydrogen (secondary N) is 1. The summed E-state index contributed by atoms with van der Waals surface area (Å²) in [5, 5.41) is 3.13. The molecule has 0 bridgehead atoms. The number of nitrogens with zero attached hydrogens (tertiary/aromatic N) is 3. The third-order valence-corrected chi connectivity index (χ3v) is 3.21. The number of hydrogen-bond donors (Lipinski definition) is 1. The molecular formula is C12H17ClN4O. The van der Waals surface area contributed by atoms with Crippen LogP contribution in [0.4, 0.5) is 0 Å². The highest BCUT2D eigenvalue weighted by Gasteiger charge is 2.11. The van der Waals surface area contributed by atoms with E-state index in [1.165, 1.54) is 31.7 Å². The monoisotopic (exact) mass is 268 g/mol. The summed E-state index contributed by atoms with van der Waals surface area (Å²) in [4.78, 5) is 21.8. The molecule has 1 amide bonds. The highest BCUT2D eigenvalue weighted by atomic mass is 35.5. The van der Waals surface area contributed by atoms with E-state index in [2.05, 4.69) is 20.2 Å². The zero-order valence-corrected chi connectivity index (χ0v) is 11.0. The number of piperidine rings is 1. The van der Waals surface area contributed by atoms with E-state index in [0.29, 0.717) is 17.4 Å². The first-order valence-corrected chi connectivity index (χ1v) is 6.61. The Hall–Kier alpha value is -1.20. The lowest BCUT2D eigenvalue weighted by atomic mass is 10.1. The van der Waals surface area contributed by atoms with Gasteiger partial charge in [-0.2, -0.15) is 0 Å². The van der Waals surface area contributed by atoms with Gasteiger partial charge in [-0.1, -0.05) is 18.0 Å². The summed E-state index contributed by atoms with van der Waals surface area (Å²) in [6, 6.07) is 0. The summed E-state index contributed by atoms with van der Waals surface area (Å²) in [7, 11) is 0. The van der Waals surface area contributed by atoms with E-state index in [4.69, 9.17) is 11.6 Å². The first-order chi connectivity index (χ1) is 8.75. The Morgan fingerprint density at radius 1 is 1.28 bits per heavy atom. The van der Waals surface area contributed by atoms with E-state index < -0.39 is 0 Å². The van der Waals surface area contributed by atoms with Gasteiger partial charge in [0, 0.05) is 13.1 Å². The van der Waals surface area contributed by atoms with Crippen molar-refractivity contribution in [2.45, 2.75) is 19.3 Å². The summed E-state index contributed by atoms with van der Waals surface area (Å²) < 4.78 is 0. The van der Waals surface area contributed by atoms with Crippen LogP contribution in [0.25, 0.3) is 0 Å². The van der Waals surface area contributed by atoms with Crippen molar-refractivity contribution in [1.29, 1.82) is 0 Å². The largest absolute Gasteiger partial charge is 0.349 e. The molecule has 98 valence electrons. The van der Waals surface area contributed by atoms with Gasteiger partial charge in [0.15, 0.2) is 0 Å². The van der Waals surface area contributed by atoms with Crippen LogP contribution in [0.1, 0.15) is 29.8 Å². The number of hydrogen-bond acceptors (Lipinski definition) is 4. The predicted molar refractivity (Wildman–Crippen MR) is 69.7 cm³/mol. The van der Waals surface area contributed by atoms with Crippen molar-refractivity contribution in [3.05, 3.63) is 23.2 Å². The lowest BCUT2D eigenvalue weighted by Crippen LogP contribution is -2.37. The van der Waals surface area contributed by atoms with Crippen molar-refractivity contribution in [3.63, 3.8) is 0 Å². The number of rotatable bonds is 4. The Labute approximate surface area is 112 Å². The second-order valence-corrected chi connectivity index (χ2v) is 4.77. The van der Waals surface area contributed by atoms with Gasteiger partial charge in [0.05, 0.1) is 12.4 Å². The molecule has 0 unspecified atom stereocenters. The summed E-state index contributed by atoms with van der Waals surface area (Å²) in [5.41, 5.74) is 0.304. The molecular weight excluding hydrogens is 252 g/mol. The zero-order chi connectivity index (χ0) is 12.8. The Bertz CT molecular complexity index is 390. The Balaban J connectivity index is 1.72. The highest BCUT2D eigenvalue weighted by Crippen LogP contribution is 2.07. The minimum atomic E-state index is -0.198. The highest BCUT2D eigenvalue weighted by molar-refractivity contribution is 6.29. The van der Waals surface area contributed by atoms with Gasteiger partial charge in [-0.3, -0.25) is 4.79 Å². The first kappa shape index (κ1) is 13.2. The van der Waals surface area contributed by atoms with Crippen LogP contribution in [-0.2, 0) is 0 Å². The molecule has 1 aliphatic rings. The molecule has 1 aromatic rings. The quantitative estimate of drug-likeness (QED) is 0.896. The van der Waals surface area contributed by atoms with Crippen molar-refractivity contribution in [2.75, 3.05) is 26.2 Å². The smallest absolute Gasteiger partial charge is 0.271 e. The lowest BCUT2D eigenvalue weighted by Gasteiger charge is -2.26. The van der Waals surface area contributed by atoms with Crippen LogP contribution < -0.4 is 5.32 Å². The van der Waals surface area contributed by atoms with Gasteiger partial charge in [-0.05, 0) is 25.9 Å². The second-order valence-electron chi connectivity index (χ2n) is 4.38. The van der Waals surface area contributed by atoms with Crippen LogP contribution in [0.3, 0.4) is 0 Å². The normalized spacial score (nSPS) is 16.5. The van der Waals surface area contributed by atoms with Crippen LogP contribution in [0.15, 0.2) is 12.4 Å². The molecule has 1 fully saturated rings. The average molecular weight is 269 g/mol. The van der Waals surface area contributed by atoms with Crippen LogP contribution in [0, 0.1) is 0 Å². The third-order valence-electron chi connectivity index (χ3n) is 3.02. The number of carbonyl (C=O) groups excluding carboxylic acids is 1. The summed E-state index contributed by atoms with van der Waals surface area (Å²) in [6.07, 6.45) is 6.61. The Kier molecular flexibility index (Phi) is 4.90. The van der Waals surface area contributed by atoms with Crippen LogP contribution >= 0.6 is 11.6 Å². The molecule has 5 nitrogen and oxygen atoms in total. The fourth-order valence-electron chi connectivity index (χ4n) is 2.03. The Morgan fingerprint density at radius 2 is 2.06 bits per heavy atom. The number of likely N-dealkylation sites (tertiary alicyclic amines) is 1. The van der Waals surface area contributed by atoms with Crippen molar-refractivity contribution in [1.82, 2.24) is 20.2 Å². The van der Waals surface area contributed by atoms with Gasteiger partial charge in [0.1, 0.15) is 10.8 Å². The van der Waals surface area contributed by atoms with Gasteiger partial charge >= 0.3 is 0 Å². The van der Waals surface area contributed by atoms with Crippen molar-refractivity contribution in [2.24, 2.45) is 0 Å². The fraction of sp³-hybridized carbons (Fsp3) is 0.583. The average Bonchev–Trinajstić information content (AvgIpc) is 2.40. The Morgan fingerprint density at radius 3 is 2.72 bits per heavy atom. The van der Waals surface area contributed by atoms with Gasteiger partial charge in [0.25, 0.3) is 5.91 Å². The molecule has 6 heteroatoms. The fourth-order valence-corrected chi connectivity index (χ4v) is 2.13. The molecule has 0 aromatic carbocycles. The van der Waals surface area contributed by atoms with E-state index >= 15 is 0 Å². The van der Waals surface area contributed by atoms with Crippen LogP contribution in [0.2, 0.25) is 5.15 Å². The van der Waals surface area contributed by atoms with E-state index in [1.54, 1.807) is 0 Å². The molecule has 0 spiro atoms. The number of aromatic nitrogens is 2. The second kappa shape index (κ2) is 6.66. The molecule has 0 saturated carbocycles. The number of amides is 1. The number of carbonyl (C=O) groups is 1. The van der Waals surface area contributed by atoms with E-state index in [1.807, 2.05) is 0 Å².